The van der Waals surface area contributed by atoms with E-state index in [1.54, 1.807) is 6.07 Å². The smallest absolute Gasteiger partial charge is 0.123 e. The van der Waals surface area contributed by atoms with Crippen molar-refractivity contribution < 1.29 is 4.39 Å². The Kier molecular flexibility index (Phi) is 5.77. The van der Waals surface area contributed by atoms with E-state index < -0.39 is 0 Å². The van der Waals surface area contributed by atoms with Crippen LogP contribution < -0.4 is 5.32 Å². The number of benzene rings is 1. The number of halogens is 1. The molecule has 0 aromatic heterocycles. The molecular weight excluding hydrogens is 263 g/mol. The van der Waals surface area contributed by atoms with Crippen LogP contribution in [-0.4, -0.2) is 36.6 Å². The molecule has 1 aliphatic rings. The van der Waals surface area contributed by atoms with Crippen LogP contribution in [0.1, 0.15) is 45.1 Å². The molecule has 118 valence electrons. The van der Waals surface area contributed by atoms with Crippen molar-refractivity contribution in [3.8, 4) is 0 Å². The van der Waals surface area contributed by atoms with E-state index in [0.29, 0.717) is 6.04 Å². The highest BCUT2D eigenvalue weighted by Crippen LogP contribution is 2.33. The lowest BCUT2D eigenvalue weighted by Gasteiger charge is -2.47. The molecule has 3 heteroatoms. The van der Waals surface area contributed by atoms with Crippen LogP contribution in [0.3, 0.4) is 0 Å². The second kappa shape index (κ2) is 7.37. The van der Waals surface area contributed by atoms with E-state index in [9.17, 15) is 4.39 Å². The lowest BCUT2D eigenvalue weighted by atomic mass is 9.80. The summed E-state index contributed by atoms with van der Waals surface area (Å²) in [6, 6.07) is 7.39. The Balaban J connectivity index is 2.22. The van der Waals surface area contributed by atoms with Gasteiger partial charge >= 0.3 is 0 Å². The summed E-state index contributed by atoms with van der Waals surface area (Å²) >= 11 is 0. The Morgan fingerprint density at radius 3 is 2.43 bits per heavy atom. The second-order valence-corrected chi connectivity index (χ2v) is 6.18. The first-order valence-corrected chi connectivity index (χ1v) is 8.33. The van der Waals surface area contributed by atoms with Crippen LogP contribution >= 0.6 is 0 Å². The van der Waals surface area contributed by atoms with Gasteiger partial charge in [0.15, 0.2) is 0 Å². The Bertz CT molecular complexity index is 437. The van der Waals surface area contributed by atoms with Crippen LogP contribution in [0.2, 0.25) is 0 Å². The zero-order valence-electron chi connectivity index (χ0n) is 13.7. The average Bonchev–Trinajstić information content (AvgIpc) is 3.02. The van der Waals surface area contributed by atoms with Gasteiger partial charge in [-0.15, -0.1) is 0 Å². The minimum atomic E-state index is -0.137. The lowest BCUT2D eigenvalue weighted by molar-refractivity contribution is 0.0650. The SMILES string of the molecule is CCC(CC)(C(Cc1cccc(F)c1)NC)N1CCCC1. The van der Waals surface area contributed by atoms with Gasteiger partial charge in [0.25, 0.3) is 0 Å². The molecule has 2 nitrogen and oxygen atoms in total. The fourth-order valence-corrected chi connectivity index (χ4v) is 4.03. The van der Waals surface area contributed by atoms with Gasteiger partial charge in [0.05, 0.1) is 0 Å². The standard InChI is InChI=1S/C18H29FN2/c1-4-18(5-2,21-11-6-7-12-21)17(20-3)14-15-9-8-10-16(19)13-15/h8-10,13,17,20H,4-7,11-12,14H2,1-3H3. The Morgan fingerprint density at radius 1 is 1.24 bits per heavy atom. The zero-order chi connectivity index (χ0) is 15.3. The number of likely N-dealkylation sites (N-methyl/N-ethyl adjacent to an activating group) is 1. The predicted octanol–water partition coefficient (Wildman–Crippen LogP) is 3.61. The molecule has 0 bridgehead atoms. The van der Waals surface area contributed by atoms with Crippen LogP contribution in [-0.2, 0) is 6.42 Å². The minimum Gasteiger partial charge on any atom is -0.315 e. The van der Waals surface area contributed by atoms with Crippen molar-refractivity contribution in [1.29, 1.82) is 0 Å². The van der Waals surface area contributed by atoms with Gasteiger partial charge in [-0.3, -0.25) is 4.90 Å². The molecule has 1 atom stereocenters. The largest absolute Gasteiger partial charge is 0.315 e. The van der Waals surface area contributed by atoms with E-state index in [0.717, 1.165) is 24.8 Å². The van der Waals surface area contributed by atoms with Crippen molar-refractivity contribution in [1.82, 2.24) is 10.2 Å². The molecule has 1 aromatic carbocycles. The van der Waals surface area contributed by atoms with Gasteiger partial charge in [0.2, 0.25) is 0 Å². The summed E-state index contributed by atoms with van der Waals surface area (Å²) in [5.74, 6) is -0.137. The van der Waals surface area contributed by atoms with E-state index >= 15 is 0 Å². The molecule has 0 spiro atoms. The van der Waals surface area contributed by atoms with Crippen molar-refractivity contribution in [3.05, 3.63) is 35.6 Å². The van der Waals surface area contributed by atoms with E-state index in [-0.39, 0.29) is 11.4 Å². The average molecular weight is 292 g/mol. The van der Waals surface area contributed by atoms with E-state index in [2.05, 4.69) is 24.1 Å². The molecule has 1 aromatic rings. The normalized spacial score (nSPS) is 18.1. The second-order valence-electron chi connectivity index (χ2n) is 6.18. The van der Waals surface area contributed by atoms with Crippen molar-refractivity contribution in [3.63, 3.8) is 0 Å². The lowest BCUT2D eigenvalue weighted by Crippen LogP contribution is -2.60. The molecule has 1 heterocycles. The molecule has 1 fully saturated rings. The Hall–Kier alpha value is -0.930. The number of hydrogen-bond acceptors (Lipinski definition) is 2. The summed E-state index contributed by atoms with van der Waals surface area (Å²) in [4.78, 5) is 2.66. The van der Waals surface area contributed by atoms with Crippen LogP contribution in [0.4, 0.5) is 4.39 Å². The maximum Gasteiger partial charge on any atom is 0.123 e. The number of nitrogens with zero attached hydrogens (tertiary/aromatic N) is 1. The Labute approximate surface area is 128 Å². The molecule has 1 saturated heterocycles. The fraction of sp³-hybridized carbons (Fsp3) is 0.667. The predicted molar refractivity (Wildman–Crippen MR) is 87.1 cm³/mol. The van der Waals surface area contributed by atoms with Crippen LogP contribution in [0.5, 0.6) is 0 Å². The zero-order valence-corrected chi connectivity index (χ0v) is 13.7. The summed E-state index contributed by atoms with van der Waals surface area (Å²) in [6.07, 6.45) is 5.75. The van der Waals surface area contributed by atoms with Crippen LogP contribution in [0, 0.1) is 5.82 Å². The molecular formula is C18H29FN2. The summed E-state index contributed by atoms with van der Waals surface area (Å²) < 4.78 is 13.5. The van der Waals surface area contributed by atoms with Crippen molar-refractivity contribution in [2.45, 2.75) is 57.5 Å². The van der Waals surface area contributed by atoms with E-state index in [4.69, 9.17) is 0 Å². The molecule has 1 aliphatic heterocycles. The van der Waals surface area contributed by atoms with Gasteiger partial charge in [0, 0.05) is 11.6 Å². The maximum atomic E-state index is 13.5. The molecule has 0 radical (unpaired) electrons. The third kappa shape index (κ3) is 3.46. The van der Waals surface area contributed by atoms with Crippen LogP contribution in [0.25, 0.3) is 0 Å². The topological polar surface area (TPSA) is 15.3 Å². The monoisotopic (exact) mass is 292 g/mol. The first kappa shape index (κ1) is 16.4. The minimum absolute atomic E-state index is 0.137. The molecule has 2 rings (SSSR count). The van der Waals surface area contributed by atoms with Gasteiger partial charge < -0.3 is 5.32 Å². The molecule has 21 heavy (non-hydrogen) atoms. The summed E-state index contributed by atoms with van der Waals surface area (Å²) in [7, 11) is 2.04. The third-order valence-corrected chi connectivity index (χ3v) is 5.29. The van der Waals surface area contributed by atoms with E-state index in [1.165, 1.54) is 32.0 Å². The summed E-state index contributed by atoms with van der Waals surface area (Å²) in [5.41, 5.74) is 1.26. The number of hydrogen-bond donors (Lipinski definition) is 1. The number of nitrogens with one attached hydrogen (secondary N) is 1. The summed E-state index contributed by atoms with van der Waals surface area (Å²) in [6.45, 7) is 6.97. The van der Waals surface area contributed by atoms with Gasteiger partial charge in [-0.1, -0.05) is 26.0 Å². The number of rotatable bonds is 7. The highest BCUT2D eigenvalue weighted by atomic mass is 19.1. The molecule has 1 unspecified atom stereocenters. The first-order chi connectivity index (χ1) is 10.2. The van der Waals surface area contributed by atoms with Gasteiger partial charge in [-0.05, 0) is 69.9 Å². The van der Waals surface area contributed by atoms with Crippen molar-refractivity contribution >= 4 is 0 Å². The molecule has 0 amide bonds. The maximum absolute atomic E-state index is 13.5. The van der Waals surface area contributed by atoms with Gasteiger partial charge in [-0.2, -0.15) is 0 Å². The third-order valence-electron chi connectivity index (χ3n) is 5.29. The van der Waals surface area contributed by atoms with Gasteiger partial charge in [0.1, 0.15) is 5.82 Å². The highest BCUT2D eigenvalue weighted by Gasteiger charge is 2.41. The Morgan fingerprint density at radius 2 is 1.90 bits per heavy atom. The summed E-state index contributed by atoms with van der Waals surface area (Å²) in [5, 5.41) is 3.53. The molecule has 1 N–H and O–H groups in total. The molecule has 0 saturated carbocycles. The van der Waals surface area contributed by atoms with Gasteiger partial charge in [-0.25, -0.2) is 4.39 Å². The van der Waals surface area contributed by atoms with E-state index in [1.807, 2.05) is 19.2 Å². The number of likely N-dealkylation sites (tertiary alicyclic amines) is 1. The molecule has 0 aliphatic carbocycles. The first-order valence-electron chi connectivity index (χ1n) is 8.33. The quantitative estimate of drug-likeness (QED) is 0.826. The highest BCUT2D eigenvalue weighted by molar-refractivity contribution is 5.19. The van der Waals surface area contributed by atoms with Crippen molar-refractivity contribution in [2.75, 3.05) is 20.1 Å². The van der Waals surface area contributed by atoms with Crippen molar-refractivity contribution in [2.24, 2.45) is 0 Å². The van der Waals surface area contributed by atoms with Crippen LogP contribution in [0.15, 0.2) is 24.3 Å². The fourth-order valence-electron chi connectivity index (χ4n) is 4.03.